The number of hydrogen-bond donors (Lipinski definition) is 1. The summed E-state index contributed by atoms with van der Waals surface area (Å²) >= 11 is 0. The first kappa shape index (κ1) is 13.5. The second-order valence-electron chi connectivity index (χ2n) is 4.25. The topological polar surface area (TPSA) is 77.9 Å². The minimum atomic E-state index is -1.03. The average Bonchev–Trinajstić information content (AvgIpc) is 2.69. The molecule has 1 rings (SSSR count). The Bertz CT molecular complexity index is 329. The molecule has 1 aliphatic heterocycles. The van der Waals surface area contributed by atoms with Crippen LogP contribution in [-0.2, 0) is 14.4 Å². The molecular formula is C11H18N2O4. The van der Waals surface area contributed by atoms with Crippen molar-refractivity contribution < 1.29 is 19.5 Å². The lowest BCUT2D eigenvalue weighted by molar-refractivity contribution is -0.148. The van der Waals surface area contributed by atoms with Crippen molar-refractivity contribution in [3.05, 3.63) is 0 Å². The maximum absolute atomic E-state index is 11.7. The summed E-state index contributed by atoms with van der Waals surface area (Å²) < 4.78 is 0. The van der Waals surface area contributed by atoms with Gasteiger partial charge in [-0.25, -0.2) is 4.79 Å². The van der Waals surface area contributed by atoms with Crippen molar-refractivity contribution in [2.75, 3.05) is 20.1 Å². The van der Waals surface area contributed by atoms with E-state index in [2.05, 4.69) is 0 Å². The van der Waals surface area contributed by atoms with E-state index in [4.69, 9.17) is 5.11 Å². The number of amides is 2. The van der Waals surface area contributed by atoms with E-state index in [0.717, 1.165) is 6.42 Å². The minimum absolute atomic E-state index is 0.0757. The average molecular weight is 242 g/mol. The van der Waals surface area contributed by atoms with E-state index >= 15 is 0 Å². The van der Waals surface area contributed by atoms with Gasteiger partial charge in [-0.2, -0.15) is 0 Å². The molecule has 0 saturated carbocycles. The van der Waals surface area contributed by atoms with Gasteiger partial charge < -0.3 is 14.9 Å². The van der Waals surface area contributed by atoms with Crippen LogP contribution in [0, 0.1) is 0 Å². The monoisotopic (exact) mass is 242 g/mol. The molecule has 1 aliphatic rings. The van der Waals surface area contributed by atoms with Crippen LogP contribution < -0.4 is 0 Å². The van der Waals surface area contributed by atoms with Crippen LogP contribution in [0.15, 0.2) is 0 Å². The lowest BCUT2D eigenvalue weighted by atomic mass is 10.2. The van der Waals surface area contributed by atoms with Gasteiger partial charge in [0.1, 0.15) is 6.04 Å². The summed E-state index contributed by atoms with van der Waals surface area (Å²) in [6, 6.07) is -0.836. The van der Waals surface area contributed by atoms with Gasteiger partial charge in [0.15, 0.2) is 0 Å². The molecule has 0 spiro atoms. The normalized spacial score (nSPS) is 17.1. The van der Waals surface area contributed by atoms with Crippen molar-refractivity contribution in [2.24, 2.45) is 0 Å². The van der Waals surface area contributed by atoms with Crippen LogP contribution in [0.3, 0.4) is 0 Å². The van der Waals surface area contributed by atoms with Crippen molar-refractivity contribution in [1.82, 2.24) is 9.80 Å². The van der Waals surface area contributed by atoms with Crippen LogP contribution in [-0.4, -0.2) is 58.9 Å². The number of likely N-dealkylation sites (N-methyl/N-ethyl adjacent to an activating group) is 1. The summed E-state index contributed by atoms with van der Waals surface area (Å²) in [5, 5.41) is 8.76. The van der Waals surface area contributed by atoms with Crippen LogP contribution in [0.5, 0.6) is 0 Å². The van der Waals surface area contributed by atoms with Gasteiger partial charge in [-0.1, -0.05) is 0 Å². The van der Waals surface area contributed by atoms with Crippen LogP contribution in [0.4, 0.5) is 0 Å². The summed E-state index contributed by atoms with van der Waals surface area (Å²) in [6.45, 7) is 2.54. The highest BCUT2D eigenvalue weighted by Crippen LogP contribution is 2.10. The fourth-order valence-corrected chi connectivity index (χ4v) is 1.73. The van der Waals surface area contributed by atoms with E-state index in [1.165, 1.54) is 18.9 Å². The molecule has 2 amide bonds. The fraction of sp³-hybridized carbons (Fsp3) is 0.727. The molecule has 1 heterocycles. The number of aliphatic carboxylic acids is 1. The largest absolute Gasteiger partial charge is 0.480 e. The van der Waals surface area contributed by atoms with Gasteiger partial charge in [0.05, 0.1) is 0 Å². The van der Waals surface area contributed by atoms with Crippen molar-refractivity contribution in [3.8, 4) is 0 Å². The third-order valence-corrected chi connectivity index (χ3v) is 3.10. The summed E-state index contributed by atoms with van der Waals surface area (Å²) in [5.74, 6) is -1.20. The highest BCUT2D eigenvalue weighted by Gasteiger charge is 2.24. The van der Waals surface area contributed by atoms with Gasteiger partial charge >= 0.3 is 5.97 Å². The molecule has 1 atom stereocenters. The summed E-state index contributed by atoms with van der Waals surface area (Å²) in [6.07, 6.45) is 1.57. The Morgan fingerprint density at radius 1 is 1.53 bits per heavy atom. The van der Waals surface area contributed by atoms with Gasteiger partial charge in [-0.3, -0.25) is 9.59 Å². The number of likely N-dealkylation sites (tertiary alicyclic amines) is 1. The Kier molecular flexibility index (Phi) is 4.48. The predicted octanol–water partition coefficient (Wildman–Crippen LogP) is -0.0696. The molecule has 6 nitrogen and oxygen atoms in total. The molecule has 0 aromatic carbocycles. The van der Waals surface area contributed by atoms with E-state index in [-0.39, 0.29) is 18.2 Å². The van der Waals surface area contributed by atoms with E-state index < -0.39 is 12.0 Å². The highest BCUT2D eigenvalue weighted by molar-refractivity contribution is 5.84. The molecule has 1 fully saturated rings. The van der Waals surface area contributed by atoms with Crippen molar-refractivity contribution in [2.45, 2.75) is 32.2 Å². The standard InChI is InChI=1S/C11H18N2O4/c1-8(11(16)17)12(2)9(14)5-7-13-6-3-4-10(13)15/h8H,3-7H2,1-2H3,(H,16,17)/t8-/m0/s1. The third-order valence-electron chi connectivity index (χ3n) is 3.10. The smallest absolute Gasteiger partial charge is 0.326 e. The van der Waals surface area contributed by atoms with Crippen molar-refractivity contribution >= 4 is 17.8 Å². The van der Waals surface area contributed by atoms with Gasteiger partial charge in [0, 0.05) is 33.0 Å². The van der Waals surface area contributed by atoms with Crippen molar-refractivity contribution in [3.63, 3.8) is 0 Å². The first-order chi connectivity index (χ1) is 7.93. The van der Waals surface area contributed by atoms with Crippen LogP contribution in [0.25, 0.3) is 0 Å². The fourth-order valence-electron chi connectivity index (χ4n) is 1.73. The van der Waals surface area contributed by atoms with Crippen LogP contribution in [0.1, 0.15) is 26.2 Å². The van der Waals surface area contributed by atoms with Crippen molar-refractivity contribution in [1.29, 1.82) is 0 Å². The SMILES string of the molecule is C[C@@H](C(=O)O)N(C)C(=O)CCN1CCCC1=O. The first-order valence-electron chi connectivity index (χ1n) is 5.69. The molecule has 0 bridgehead atoms. The molecule has 0 aromatic heterocycles. The number of carbonyl (C=O) groups excluding carboxylic acids is 2. The van der Waals surface area contributed by atoms with E-state index in [1.54, 1.807) is 4.90 Å². The second-order valence-corrected chi connectivity index (χ2v) is 4.25. The Hall–Kier alpha value is -1.59. The maximum atomic E-state index is 11.7. The molecule has 0 aromatic rings. The summed E-state index contributed by atoms with van der Waals surface area (Å²) in [7, 11) is 1.47. The van der Waals surface area contributed by atoms with Crippen LogP contribution >= 0.6 is 0 Å². The predicted molar refractivity (Wildman–Crippen MR) is 60.3 cm³/mol. The second kappa shape index (κ2) is 5.65. The van der Waals surface area contributed by atoms with Gasteiger partial charge in [-0.05, 0) is 13.3 Å². The van der Waals surface area contributed by atoms with E-state index in [0.29, 0.717) is 19.5 Å². The van der Waals surface area contributed by atoms with E-state index in [1.807, 2.05) is 0 Å². The Morgan fingerprint density at radius 3 is 2.65 bits per heavy atom. The Balaban J connectivity index is 2.38. The summed E-state index contributed by atoms with van der Waals surface area (Å²) in [4.78, 5) is 36.5. The maximum Gasteiger partial charge on any atom is 0.326 e. The zero-order valence-electron chi connectivity index (χ0n) is 10.2. The van der Waals surface area contributed by atoms with E-state index in [9.17, 15) is 14.4 Å². The van der Waals surface area contributed by atoms with Gasteiger partial charge in [-0.15, -0.1) is 0 Å². The Labute approximate surface area is 100 Å². The number of rotatable bonds is 5. The molecule has 0 radical (unpaired) electrons. The lowest BCUT2D eigenvalue weighted by Gasteiger charge is -2.23. The zero-order chi connectivity index (χ0) is 13.0. The molecule has 17 heavy (non-hydrogen) atoms. The minimum Gasteiger partial charge on any atom is -0.480 e. The number of nitrogens with zero attached hydrogens (tertiary/aromatic N) is 2. The molecular weight excluding hydrogens is 224 g/mol. The molecule has 0 aliphatic carbocycles. The number of carboxylic acids is 1. The molecule has 1 saturated heterocycles. The third kappa shape index (κ3) is 3.44. The lowest BCUT2D eigenvalue weighted by Crippen LogP contribution is -2.41. The highest BCUT2D eigenvalue weighted by atomic mass is 16.4. The number of hydrogen-bond acceptors (Lipinski definition) is 3. The molecule has 6 heteroatoms. The first-order valence-corrected chi connectivity index (χ1v) is 5.69. The molecule has 96 valence electrons. The molecule has 1 N–H and O–H groups in total. The quantitative estimate of drug-likeness (QED) is 0.732. The van der Waals surface area contributed by atoms with Crippen LogP contribution in [0.2, 0.25) is 0 Å². The number of carboxylic acid groups (broad SMARTS) is 1. The molecule has 0 unspecified atom stereocenters. The number of carbonyl (C=O) groups is 3. The van der Waals surface area contributed by atoms with Gasteiger partial charge in [0.25, 0.3) is 0 Å². The van der Waals surface area contributed by atoms with Gasteiger partial charge in [0.2, 0.25) is 11.8 Å². The zero-order valence-corrected chi connectivity index (χ0v) is 10.2. The summed E-state index contributed by atoms with van der Waals surface area (Å²) in [5.41, 5.74) is 0. The Morgan fingerprint density at radius 2 is 2.18 bits per heavy atom.